The van der Waals surface area contributed by atoms with E-state index in [2.05, 4.69) is 6.58 Å². The van der Waals surface area contributed by atoms with Crippen LogP contribution in [0, 0.1) is 0 Å². The summed E-state index contributed by atoms with van der Waals surface area (Å²) in [6.07, 6.45) is -0.924. The van der Waals surface area contributed by atoms with Gasteiger partial charge in [-0.3, -0.25) is 19.2 Å². The van der Waals surface area contributed by atoms with Gasteiger partial charge in [0.2, 0.25) is 5.79 Å². The molecule has 1 N–H and O–H groups in total. The molecule has 0 unspecified atom stereocenters. The van der Waals surface area contributed by atoms with E-state index in [1.807, 2.05) is 30.3 Å². The molecule has 1 aliphatic rings. The summed E-state index contributed by atoms with van der Waals surface area (Å²) >= 11 is 0. The molecule has 1 heterocycles. The minimum absolute atomic E-state index is 0.000617. The lowest BCUT2D eigenvalue weighted by atomic mass is 9.88. The van der Waals surface area contributed by atoms with Gasteiger partial charge in [-0.25, -0.2) is 0 Å². The Kier molecular flexibility index (Phi) is 11.3. The average Bonchev–Trinajstić information content (AvgIpc) is 2.80. The summed E-state index contributed by atoms with van der Waals surface area (Å²) in [7, 11) is 0. The molecule has 10 nitrogen and oxygen atoms in total. The molecule has 1 aromatic rings. The van der Waals surface area contributed by atoms with Gasteiger partial charge in [-0.15, -0.1) is 6.58 Å². The zero-order chi connectivity index (χ0) is 27.6. The molecular formula is C27H36O10. The van der Waals surface area contributed by atoms with Crippen molar-refractivity contribution < 1.29 is 48.0 Å². The fourth-order valence-electron chi connectivity index (χ4n) is 4.28. The number of unbranched alkanes of at least 4 members (excludes halogenated alkanes) is 1. The Morgan fingerprint density at radius 3 is 2.00 bits per heavy atom. The number of hydrogen-bond acceptors (Lipinski definition) is 10. The third-order valence-corrected chi connectivity index (χ3v) is 5.79. The lowest BCUT2D eigenvalue weighted by Crippen LogP contribution is -2.68. The fraction of sp³-hybridized carbons (Fsp3) is 0.556. The Morgan fingerprint density at radius 1 is 0.892 bits per heavy atom. The van der Waals surface area contributed by atoms with Crippen LogP contribution in [0.1, 0.15) is 58.1 Å². The molecule has 1 aliphatic heterocycles. The van der Waals surface area contributed by atoms with Crippen LogP contribution in [0.25, 0.3) is 0 Å². The van der Waals surface area contributed by atoms with Crippen molar-refractivity contribution >= 4 is 23.9 Å². The molecule has 10 heteroatoms. The van der Waals surface area contributed by atoms with Gasteiger partial charge in [-0.1, -0.05) is 30.3 Å². The van der Waals surface area contributed by atoms with E-state index in [-0.39, 0.29) is 6.42 Å². The van der Waals surface area contributed by atoms with Crippen molar-refractivity contribution in [1.82, 2.24) is 0 Å². The number of ether oxygens (including phenoxy) is 5. The largest absolute Gasteiger partial charge is 0.463 e. The van der Waals surface area contributed by atoms with Crippen molar-refractivity contribution in [2.45, 2.75) is 90.0 Å². The van der Waals surface area contributed by atoms with Crippen LogP contribution < -0.4 is 0 Å². The van der Waals surface area contributed by atoms with E-state index < -0.39 is 60.7 Å². The van der Waals surface area contributed by atoms with Crippen LogP contribution in [-0.4, -0.2) is 65.8 Å². The molecule has 1 aromatic carbocycles. The number of benzene rings is 1. The van der Waals surface area contributed by atoms with E-state index in [0.29, 0.717) is 12.8 Å². The lowest BCUT2D eigenvalue weighted by molar-refractivity contribution is -0.354. The van der Waals surface area contributed by atoms with Crippen molar-refractivity contribution in [3.05, 3.63) is 48.0 Å². The van der Waals surface area contributed by atoms with Crippen molar-refractivity contribution in [3.63, 3.8) is 0 Å². The van der Waals surface area contributed by atoms with Gasteiger partial charge < -0.3 is 28.8 Å². The van der Waals surface area contributed by atoms with Crippen LogP contribution in [0.2, 0.25) is 0 Å². The van der Waals surface area contributed by atoms with Gasteiger partial charge in [0.1, 0.15) is 12.7 Å². The van der Waals surface area contributed by atoms with Crippen LogP contribution in [-0.2, 0) is 55.7 Å². The molecule has 37 heavy (non-hydrogen) atoms. The van der Waals surface area contributed by atoms with Crippen molar-refractivity contribution in [2.24, 2.45) is 0 Å². The molecule has 0 saturated carbocycles. The fourth-order valence-corrected chi connectivity index (χ4v) is 4.28. The van der Waals surface area contributed by atoms with Gasteiger partial charge in [0.15, 0.2) is 18.3 Å². The molecule has 5 atom stereocenters. The van der Waals surface area contributed by atoms with Crippen molar-refractivity contribution in [3.8, 4) is 0 Å². The minimum Gasteiger partial charge on any atom is -0.463 e. The van der Waals surface area contributed by atoms with Gasteiger partial charge >= 0.3 is 23.9 Å². The molecular weight excluding hydrogens is 484 g/mol. The number of aryl methyl sites for hydroxylation is 1. The quantitative estimate of drug-likeness (QED) is 0.190. The minimum atomic E-state index is -2.11. The van der Waals surface area contributed by atoms with E-state index >= 15 is 0 Å². The number of aliphatic hydroxyl groups is 1. The molecule has 2 rings (SSSR count). The second-order valence-corrected chi connectivity index (χ2v) is 9.00. The van der Waals surface area contributed by atoms with Gasteiger partial charge in [0.05, 0.1) is 0 Å². The van der Waals surface area contributed by atoms with Gasteiger partial charge in [-0.05, 0) is 36.8 Å². The maximum absolute atomic E-state index is 11.9. The second-order valence-electron chi connectivity index (χ2n) is 9.00. The highest BCUT2D eigenvalue weighted by atomic mass is 16.7. The molecule has 0 spiro atoms. The van der Waals surface area contributed by atoms with Crippen molar-refractivity contribution in [2.75, 3.05) is 6.61 Å². The number of carbonyl (C=O) groups excluding carboxylic acids is 4. The Labute approximate surface area is 216 Å². The monoisotopic (exact) mass is 520 g/mol. The summed E-state index contributed by atoms with van der Waals surface area (Å²) in [5.74, 6) is -4.98. The Hall–Kier alpha value is -3.24. The first-order valence-electron chi connectivity index (χ1n) is 12.2. The molecule has 0 aliphatic carbocycles. The maximum atomic E-state index is 11.9. The summed E-state index contributed by atoms with van der Waals surface area (Å²) in [6.45, 7) is 7.93. The molecule has 0 aromatic heterocycles. The van der Waals surface area contributed by atoms with Crippen molar-refractivity contribution in [1.29, 1.82) is 0 Å². The van der Waals surface area contributed by atoms with Crippen LogP contribution in [0.15, 0.2) is 36.9 Å². The highest BCUT2D eigenvalue weighted by Gasteiger charge is 2.59. The van der Waals surface area contributed by atoms with Crippen LogP contribution in [0.5, 0.6) is 0 Å². The summed E-state index contributed by atoms with van der Waals surface area (Å²) in [5, 5.41) is 11.6. The average molecular weight is 521 g/mol. The number of rotatable bonds is 12. The molecule has 1 fully saturated rings. The first-order valence-corrected chi connectivity index (χ1v) is 12.2. The number of hydrogen-bond donors (Lipinski definition) is 1. The van der Waals surface area contributed by atoms with Gasteiger partial charge in [0.25, 0.3) is 0 Å². The van der Waals surface area contributed by atoms with E-state index in [9.17, 15) is 24.3 Å². The molecule has 0 amide bonds. The highest BCUT2D eigenvalue weighted by molar-refractivity contribution is 5.68. The summed E-state index contributed by atoms with van der Waals surface area (Å²) in [5.41, 5.74) is 2.27. The highest BCUT2D eigenvalue weighted by Crippen LogP contribution is 2.37. The first-order chi connectivity index (χ1) is 17.4. The van der Waals surface area contributed by atoms with Crippen LogP contribution in [0.4, 0.5) is 0 Å². The lowest BCUT2D eigenvalue weighted by Gasteiger charge is -2.48. The Bertz CT molecular complexity index is 956. The van der Waals surface area contributed by atoms with Crippen LogP contribution >= 0.6 is 0 Å². The maximum Gasteiger partial charge on any atom is 0.303 e. The zero-order valence-electron chi connectivity index (χ0n) is 21.8. The van der Waals surface area contributed by atoms with E-state index in [1.165, 1.54) is 6.92 Å². The third-order valence-electron chi connectivity index (χ3n) is 5.79. The summed E-state index contributed by atoms with van der Waals surface area (Å²) in [4.78, 5) is 47.1. The van der Waals surface area contributed by atoms with Gasteiger partial charge in [-0.2, -0.15) is 0 Å². The molecule has 204 valence electrons. The van der Waals surface area contributed by atoms with Gasteiger partial charge in [0, 0.05) is 34.1 Å². The molecule has 0 radical (unpaired) electrons. The number of esters is 4. The normalized spacial score (nSPS) is 25.0. The molecule has 1 saturated heterocycles. The number of allylic oxidation sites excluding steroid dienone is 1. The molecule has 0 bridgehead atoms. The van der Waals surface area contributed by atoms with E-state index in [1.54, 1.807) is 0 Å². The van der Waals surface area contributed by atoms with Crippen LogP contribution in [0.3, 0.4) is 0 Å². The van der Waals surface area contributed by atoms with E-state index in [4.69, 9.17) is 23.7 Å². The predicted octanol–water partition coefficient (Wildman–Crippen LogP) is 2.57. The smallest absolute Gasteiger partial charge is 0.303 e. The summed E-state index contributed by atoms with van der Waals surface area (Å²) in [6, 6.07) is 8.12. The predicted molar refractivity (Wildman–Crippen MR) is 131 cm³/mol. The zero-order valence-corrected chi connectivity index (χ0v) is 21.8. The summed E-state index contributed by atoms with van der Waals surface area (Å²) < 4.78 is 27.0. The third kappa shape index (κ3) is 9.29. The number of carbonyl (C=O) groups is 4. The first kappa shape index (κ1) is 30.0. The SMILES string of the molecule is C=CCc1ccc(CCCC[C@@]2(O)O[C@H](COC(C)=O)[C@@H](OC(C)=O)[C@H](OC(C)=O)[C@H]2OC(C)=O)cc1. The Morgan fingerprint density at radius 2 is 1.46 bits per heavy atom. The second kappa shape index (κ2) is 13.9. The Balaban J connectivity index is 2.25. The van der Waals surface area contributed by atoms with E-state index in [0.717, 1.165) is 44.7 Å². The topological polar surface area (TPSA) is 135 Å². The standard InChI is InChI=1S/C27H36O10/c1-6-9-21-11-13-22(14-12-21)10-7-8-15-27(32)26(36-20(5)31)25(35-19(4)30)24(34-18(3)29)23(37-27)16-33-17(2)28/h6,11-14,23-26,32H,1,7-10,15-16H2,2-5H3/t23-,24-,25+,26-,27-/m1/s1.